The van der Waals surface area contributed by atoms with E-state index in [1.807, 2.05) is 11.5 Å². The van der Waals surface area contributed by atoms with Gasteiger partial charge in [0.2, 0.25) is 5.28 Å². The number of halogens is 2. The lowest BCUT2D eigenvalue weighted by atomic mass is 10.3. The molecule has 4 nitrogen and oxygen atoms in total. The standard InChI is InChI=1S/C9H10Cl2N4/c1-4(2)15-5(3)12-8-6(15)7(10)13-9(11)14-8/h4H,1-3H3. The number of rotatable bonds is 1. The maximum Gasteiger partial charge on any atom is 0.225 e. The molecule has 0 unspecified atom stereocenters. The van der Waals surface area contributed by atoms with E-state index < -0.39 is 0 Å². The Balaban J connectivity index is 2.87. The summed E-state index contributed by atoms with van der Waals surface area (Å²) < 4.78 is 1.99. The molecule has 15 heavy (non-hydrogen) atoms. The fourth-order valence-electron chi connectivity index (χ4n) is 1.68. The van der Waals surface area contributed by atoms with E-state index in [0.29, 0.717) is 10.8 Å². The third kappa shape index (κ3) is 1.68. The first-order valence-corrected chi connectivity index (χ1v) is 5.34. The highest BCUT2D eigenvalue weighted by Gasteiger charge is 2.15. The van der Waals surface area contributed by atoms with Crippen LogP contribution < -0.4 is 0 Å². The summed E-state index contributed by atoms with van der Waals surface area (Å²) in [5.41, 5.74) is 1.29. The van der Waals surface area contributed by atoms with Crippen LogP contribution in [-0.4, -0.2) is 19.5 Å². The summed E-state index contributed by atoms with van der Waals surface area (Å²) in [7, 11) is 0. The minimum absolute atomic E-state index is 0.126. The molecule has 2 rings (SSSR count). The highest BCUT2D eigenvalue weighted by Crippen LogP contribution is 2.25. The van der Waals surface area contributed by atoms with Crippen LogP contribution in [0.5, 0.6) is 0 Å². The predicted octanol–water partition coefficient (Wildman–Crippen LogP) is 3.02. The van der Waals surface area contributed by atoms with E-state index in [9.17, 15) is 0 Å². The topological polar surface area (TPSA) is 43.6 Å². The first kappa shape index (κ1) is 10.6. The summed E-state index contributed by atoms with van der Waals surface area (Å²) in [6.45, 7) is 6.02. The third-order valence-corrected chi connectivity index (χ3v) is 2.60. The summed E-state index contributed by atoms with van der Waals surface area (Å²) in [6.07, 6.45) is 0. The second-order valence-corrected chi connectivity index (χ2v) is 4.27. The van der Waals surface area contributed by atoms with Gasteiger partial charge in [-0.25, -0.2) is 9.97 Å². The summed E-state index contributed by atoms with van der Waals surface area (Å²) in [4.78, 5) is 12.3. The summed E-state index contributed by atoms with van der Waals surface area (Å²) in [5, 5.41) is 0.472. The van der Waals surface area contributed by atoms with E-state index in [4.69, 9.17) is 23.2 Å². The van der Waals surface area contributed by atoms with Gasteiger partial charge < -0.3 is 4.57 Å². The average molecular weight is 245 g/mol. The predicted molar refractivity (Wildman–Crippen MR) is 60.5 cm³/mol. The van der Waals surface area contributed by atoms with Gasteiger partial charge in [-0.3, -0.25) is 0 Å². The molecule has 0 N–H and O–H groups in total. The molecule has 0 saturated carbocycles. The van der Waals surface area contributed by atoms with Crippen molar-refractivity contribution in [3.8, 4) is 0 Å². The van der Waals surface area contributed by atoms with E-state index in [1.165, 1.54) is 0 Å². The van der Waals surface area contributed by atoms with Gasteiger partial charge in [-0.1, -0.05) is 11.6 Å². The monoisotopic (exact) mass is 244 g/mol. The number of nitrogens with zero attached hydrogens (tertiary/aromatic N) is 4. The van der Waals surface area contributed by atoms with Gasteiger partial charge in [0.05, 0.1) is 0 Å². The van der Waals surface area contributed by atoms with E-state index in [2.05, 4.69) is 28.8 Å². The molecule has 0 bridgehead atoms. The number of imidazole rings is 1. The maximum atomic E-state index is 6.03. The zero-order chi connectivity index (χ0) is 11.2. The summed E-state index contributed by atoms with van der Waals surface area (Å²) in [5.74, 6) is 0.860. The van der Waals surface area contributed by atoms with Crippen LogP contribution in [0.25, 0.3) is 11.2 Å². The van der Waals surface area contributed by atoms with Crippen molar-refractivity contribution >= 4 is 34.4 Å². The molecule has 0 aromatic carbocycles. The second kappa shape index (κ2) is 3.61. The molecule has 0 aliphatic rings. The van der Waals surface area contributed by atoms with Gasteiger partial charge in [-0.05, 0) is 32.4 Å². The Kier molecular flexibility index (Phi) is 2.56. The van der Waals surface area contributed by atoms with Crippen LogP contribution in [0.4, 0.5) is 0 Å². The first-order valence-electron chi connectivity index (χ1n) is 4.58. The van der Waals surface area contributed by atoms with E-state index in [0.717, 1.165) is 11.3 Å². The lowest BCUT2D eigenvalue weighted by Crippen LogP contribution is -2.03. The Morgan fingerprint density at radius 2 is 1.80 bits per heavy atom. The van der Waals surface area contributed by atoms with Gasteiger partial charge in [0.25, 0.3) is 0 Å². The van der Waals surface area contributed by atoms with Gasteiger partial charge in [-0.15, -0.1) is 0 Å². The van der Waals surface area contributed by atoms with Gasteiger partial charge in [0.15, 0.2) is 10.8 Å². The molecule has 0 atom stereocenters. The smallest absolute Gasteiger partial charge is 0.225 e. The number of aromatic nitrogens is 4. The molecule has 0 spiro atoms. The van der Waals surface area contributed by atoms with Crippen LogP contribution in [-0.2, 0) is 0 Å². The normalized spacial score (nSPS) is 11.6. The molecule has 0 fully saturated rings. The SMILES string of the molecule is Cc1nc2nc(Cl)nc(Cl)c2n1C(C)C. The Morgan fingerprint density at radius 3 is 2.40 bits per heavy atom. The van der Waals surface area contributed by atoms with Crippen molar-refractivity contribution in [1.82, 2.24) is 19.5 Å². The number of fused-ring (bicyclic) bond motifs is 1. The lowest BCUT2D eigenvalue weighted by Gasteiger charge is -2.10. The van der Waals surface area contributed by atoms with Crippen LogP contribution in [0.15, 0.2) is 0 Å². The molecule has 80 valence electrons. The molecule has 2 aromatic rings. The molecule has 6 heteroatoms. The highest BCUT2D eigenvalue weighted by atomic mass is 35.5. The minimum Gasteiger partial charge on any atom is -0.322 e. The molecular formula is C9H10Cl2N4. The van der Waals surface area contributed by atoms with Gasteiger partial charge in [0.1, 0.15) is 11.3 Å². The number of hydrogen-bond acceptors (Lipinski definition) is 3. The van der Waals surface area contributed by atoms with Crippen molar-refractivity contribution in [3.05, 3.63) is 16.3 Å². The van der Waals surface area contributed by atoms with Crippen molar-refractivity contribution in [2.24, 2.45) is 0 Å². The fourth-order valence-corrected chi connectivity index (χ4v) is 2.14. The summed E-state index contributed by atoms with van der Waals surface area (Å²) in [6, 6.07) is 0.261. The van der Waals surface area contributed by atoms with E-state index >= 15 is 0 Å². The number of aryl methyl sites for hydroxylation is 1. The van der Waals surface area contributed by atoms with Crippen molar-refractivity contribution in [2.45, 2.75) is 26.8 Å². The highest BCUT2D eigenvalue weighted by molar-refractivity contribution is 6.35. The van der Waals surface area contributed by atoms with Crippen LogP contribution >= 0.6 is 23.2 Å². The largest absolute Gasteiger partial charge is 0.322 e. The van der Waals surface area contributed by atoms with Crippen molar-refractivity contribution < 1.29 is 0 Å². The zero-order valence-electron chi connectivity index (χ0n) is 8.62. The third-order valence-electron chi connectivity index (χ3n) is 2.17. The molecule has 2 heterocycles. The maximum absolute atomic E-state index is 6.03. The average Bonchev–Trinajstić information content (AvgIpc) is 2.40. The van der Waals surface area contributed by atoms with Crippen molar-refractivity contribution in [1.29, 1.82) is 0 Å². The second-order valence-electron chi connectivity index (χ2n) is 3.58. The quantitative estimate of drug-likeness (QED) is 0.573. The fraction of sp³-hybridized carbons (Fsp3) is 0.444. The minimum atomic E-state index is 0.126. The molecule has 0 saturated heterocycles. The molecule has 0 amide bonds. The molecule has 0 radical (unpaired) electrons. The summed E-state index contributed by atoms with van der Waals surface area (Å²) >= 11 is 11.7. The molecule has 0 aliphatic carbocycles. The van der Waals surface area contributed by atoms with Crippen LogP contribution in [0.2, 0.25) is 10.4 Å². The van der Waals surface area contributed by atoms with Crippen LogP contribution in [0, 0.1) is 6.92 Å². The Labute approximate surface area is 97.3 Å². The van der Waals surface area contributed by atoms with Crippen molar-refractivity contribution in [2.75, 3.05) is 0 Å². The molecular weight excluding hydrogens is 235 g/mol. The van der Waals surface area contributed by atoms with Gasteiger partial charge in [-0.2, -0.15) is 4.98 Å². The zero-order valence-corrected chi connectivity index (χ0v) is 10.1. The Hall–Kier alpha value is -0.870. The first-order chi connectivity index (χ1) is 7.00. The lowest BCUT2D eigenvalue weighted by molar-refractivity contribution is 0.599. The van der Waals surface area contributed by atoms with Crippen molar-refractivity contribution in [3.63, 3.8) is 0 Å². The molecule has 2 aromatic heterocycles. The van der Waals surface area contributed by atoms with E-state index in [1.54, 1.807) is 0 Å². The van der Waals surface area contributed by atoms with Gasteiger partial charge >= 0.3 is 0 Å². The number of hydrogen-bond donors (Lipinski definition) is 0. The van der Waals surface area contributed by atoms with E-state index in [-0.39, 0.29) is 11.3 Å². The van der Waals surface area contributed by atoms with Gasteiger partial charge in [0, 0.05) is 6.04 Å². The molecule has 0 aliphatic heterocycles. The Morgan fingerprint density at radius 1 is 1.13 bits per heavy atom. The Bertz CT molecular complexity index is 518. The van der Waals surface area contributed by atoms with Crippen LogP contribution in [0.3, 0.4) is 0 Å². The van der Waals surface area contributed by atoms with Crippen LogP contribution in [0.1, 0.15) is 25.7 Å².